The molecule has 5 heteroatoms. The van der Waals surface area contributed by atoms with Crippen molar-refractivity contribution < 1.29 is 4.52 Å². The predicted molar refractivity (Wildman–Crippen MR) is 61.7 cm³/mol. The minimum absolute atomic E-state index is 0.270. The van der Waals surface area contributed by atoms with Gasteiger partial charge in [0, 0.05) is 10.0 Å². The standard InChI is InChI=1S/C10H8BrClN2O/c1-6(12)10-13-9(14-15-10)7-4-2-3-5-8(7)11/h2-6H,1H3. The quantitative estimate of drug-likeness (QED) is 0.789. The highest BCUT2D eigenvalue weighted by atomic mass is 79.9. The molecular formula is C10H8BrClN2O. The Morgan fingerprint density at radius 3 is 2.73 bits per heavy atom. The van der Waals surface area contributed by atoms with Gasteiger partial charge in [0.2, 0.25) is 11.7 Å². The van der Waals surface area contributed by atoms with Crippen molar-refractivity contribution in [3.05, 3.63) is 34.6 Å². The number of hydrogen-bond acceptors (Lipinski definition) is 3. The lowest BCUT2D eigenvalue weighted by Crippen LogP contribution is -1.85. The van der Waals surface area contributed by atoms with E-state index >= 15 is 0 Å². The molecule has 1 aromatic carbocycles. The second kappa shape index (κ2) is 4.33. The Hall–Kier alpha value is -0.870. The first-order valence-electron chi connectivity index (χ1n) is 4.41. The molecule has 1 heterocycles. The first-order valence-corrected chi connectivity index (χ1v) is 5.64. The monoisotopic (exact) mass is 286 g/mol. The van der Waals surface area contributed by atoms with E-state index < -0.39 is 0 Å². The molecule has 0 saturated carbocycles. The van der Waals surface area contributed by atoms with Crippen LogP contribution < -0.4 is 0 Å². The van der Waals surface area contributed by atoms with Crippen molar-refractivity contribution in [2.24, 2.45) is 0 Å². The van der Waals surface area contributed by atoms with Crippen LogP contribution in [0.5, 0.6) is 0 Å². The maximum atomic E-state index is 5.84. The van der Waals surface area contributed by atoms with E-state index in [0.717, 1.165) is 10.0 Å². The fraction of sp³-hybridized carbons (Fsp3) is 0.200. The number of halogens is 2. The van der Waals surface area contributed by atoms with Gasteiger partial charge in [-0.1, -0.05) is 33.2 Å². The zero-order valence-electron chi connectivity index (χ0n) is 7.95. The van der Waals surface area contributed by atoms with E-state index in [-0.39, 0.29) is 5.38 Å². The highest BCUT2D eigenvalue weighted by Gasteiger charge is 2.13. The predicted octanol–water partition coefficient (Wildman–Crippen LogP) is 3.80. The number of rotatable bonds is 2. The minimum Gasteiger partial charge on any atom is -0.337 e. The summed E-state index contributed by atoms with van der Waals surface area (Å²) in [6, 6.07) is 7.69. The van der Waals surface area contributed by atoms with Gasteiger partial charge in [-0.15, -0.1) is 11.6 Å². The van der Waals surface area contributed by atoms with Crippen molar-refractivity contribution in [1.29, 1.82) is 0 Å². The van der Waals surface area contributed by atoms with Crippen LogP contribution in [0.25, 0.3) is 11.4 Å². The highest BCUT2D eigenvalue weighted by Crippen LogP contribution is 2.27. The SMILES string of the molecule is CC(Cl)c1nc(-c2ccccc2Br)no1. The molecule has 78 valence electrons. The van der Waals surface area contributed by atoms with Crippen LogP contribution in [0.4, 0.5) is 0 Å². The molecule has 0 amide bonds. The van der Waals surface area contributed by atoms with Crippen molar-refractivity contribution in [2.75, 3.05) is 0 Å². The zero-order chi connectivity index (χ0) is 10.8. The van der Waals surface area contributed by atoms with Gasteiger partial charge in [-0.3, -0.25) is 0 Å². The molecule has 15 heavy (non-hydrogen) atoms. The topological polar surface area (TPSA) is 38.9 Å². The highest BCUT2D eigenvalue weighted by molar-refractivity contribution is 9.10. The Balaban J connectivity index is 2.42. The van der Waals surface area contributed by atoms with Crippen molar-refractivity contribution in [3.8, 4) is 11.4 Å². The van der Waals surface area contributed by atoms with E-state index in [2.05, 4.69) is 26.1 Å². The van der Waals surface area contributed by atoms with Gasteiger partial charge in [-0.05, 0) is 19.1 Å². The van der Waals surface area contributed by atoms with E-state index in [4.69, 9.17) is 16.1 Å². The molecule has 0 aliphatic carbocycles. The average molecular weight is 288 g/mol. The molecule has 0 fully saturated rings. The van der Waals surface area contributed by atoms with Gasteiger partial charge in [0.05, 0.1) is 0 Å². The summed E-state index contributed by atoms with van der Waals surface area (Å²) in [4.78, 5) is 4.20. The molecule has 0 radical (unpaired) electrons. The molecule has 0 spiro atoms. The molecular weight excluding hydrogens is 279 g/mol. The number of aromatic nitrogens is 2. The Kier molecular flexibility index (Phi) is 3.07. The summed E-state index contributed by atoms with van der Waals surface area (Å²) < 4.78 is 5.95. The van der Waals surface area contributed by atoms with E-state index in [1.54, 1.807) is 6.92 Å². The summed E-state index contributed by atoms with van der Waals surface area (Å²) in [5, 5.41) is 3.60. The van der Waals surface area contributed by atoms with Crippen molar-refractivity contribution in [3.63, 3.8) is 0 Å². The maximum Gasteiger partial charge on any atom is 0.244 e. The molecule has 1 aromatic heterocycles. The third-order valence-electron chi connectivity index (χ3n) is 1.90. The van der Waals surface area contributed by atoms with Crippen LogP contribution in [0.1, 0.15) is 18.2 Å². The largest absolute Gasteiger partial charge is 0.337 e. The molecule has 2 aromatic rings. The second-order valence-corrected chi connectivity index (χ2v) is 4.56. The van der Waals surface area contributed by atoms with E-state index in [0.29, 0.717) is 11.7 Å². The molecule has 0 saturated heterocycles. The third-order valence-corrected chi connectivity index (χ3v) is 2.77. The second-order valence-electron chi connectivity index (χ2n) is 3.05. The molecule has 2 rings (SSSR count). The molecule has 0 aliphatic rings. The first kappa shape index (κ1) is 10.6. The fourth-order valence-corrected chi connectivity index (χ4v) is 1.70. The van der Waals surface area contributed by atoms with Crippen LogP contribution in [-0.2, 0) is 0 Å². The number of benzene rings is 1. The maximum absolute atomic E-state index is 5.84. The van der Waals surface area contributed by atoms with Crippen molar-refractivity contribution >= 4 is 27.5 Å². The van der Waals surface area contributed by atoms with Gasteiger partial charge in [0.15, 0.2) is 0 Å². The molecule has 3 nitrogen and oxygen atoms in total. The van der Waals surface area contributed by atoms with Crippen molar-refractivity contribution in [1.82, 2.24) is 10.1 Å². The lowest BCUT2D eigenvalue weighted by atomic mass is 10.2. The first-order chi connectivity index (χ1) is 7.18. The third kappa shape index (κ3) is 2.21. The zero-order valence-corrected chi connectivity index (χ0v) is 10.3. The number of hydrogen-bond donors (Lipinski definition) is 0. The van der Waals surface area contributed by atoms with Gasteiger partial charge < -0.3 is 4.52 Å². The lowest BCUT2D eigenvalue weighted by molar-refractivity contribution is 0.379. The Morgan fingerprint density at radius 1 is 1.40 bits per heavy atom. The van der Waals surface area contributed by atoms with E-state index in [1.807, 2.05) is 24.3 Å². The van der Waals surface area contributed by atoms with Gasteiger partial charge >= 0.3 is 0 Å². The van der Waals surface area contributed by atoms with Gasteiger partial charge in [0.1, 0.15) is 5.38 Å². The Labute approximate surface area is 101 Å². The van der Waals surface area contributed by atoms with Gasteiger partial charge in [-0.2, -0.15) is 4.98 Å². The summed E-state index contributed by atoms with van der Waals surface area (Å²) in [6.07, 6.45) is 0. The van der Waals surface area contributed by atoms with Crippen LogP contribution in [0.15, 0.2) is 33.3 Å². The summed E-state index contributed by atoms with van der Waals surface area (Å²) in [7, 11) is 0. The Morgan fingerprint density at radius 2 is 2.13 bits per heavy atom. The average Bonchev–Trinajstić information content (AvgIpc) is 2.67. The minimum atomic E-state index is -0.270. The van der Waals surface area contributed by atoms with Crippen molar-refractivity contribution in [2.45, 2.75) is 12.3 Å². The molecule has 1 atom stereocenters. The van der Waals surface area contributed by atoms with Gasteiger partial charge in [-0.25, -0.2) is 0 Å². The normalized spacial score (nSPS) is 12.7. The van der Waals surface area contributed by atoms with Crippen LogP contribution in [0.3, 0.4) is 0 Å². The number of nitrogens with zero attached hydrogens (tertiary/aromatic N) is 2. The lowest BCUT2D eigenvalue weighted by Gasteiger charge is -1.96. The van der Waals surface area contributed by atoms with Crippen LogP contribution >= 0.6 is 27.5 Å². The smallest absolute Gasteiger partial charge is 0.244 e. The molecule has 1 unspecified atom stereocenters. The fourth-order valence-electron chi connectivity index (χ4n) is 1.15. The summed E-state index contributed by atoms with van der Waals surface area (Å²) in [5.41, 5.74) is 0.893. The summed E-state index contributed by atoms with van der Waals surface area (Å²) in [5.74, 6) is 0.979. The Bertz CT molecular complexity index is 470. The summed E-state index contributed by atoms with van der Waals surface area (Å²) >= 11 is 9.26. The number of alkyl halides is 1. The molecule has 0 bridgehead atoms. The summed E-state index contributed by atoms with van der Waals surface area (Å²) in [6.45, 7) is 1.79. The van der Waals surface area contributed by atoms with E-state index in [9.17, 15) is 0 Å². The molecule has 0 N–H and O–H groups in total. The van der Waals surface area contributed by atoms with Crippen LogP contribution in [0.2, 0.25) is 0 Å². The molecule has 0 aliphatic heterocycles. The van der Waals surface area contributed by atoms with Gasteiger partial charge in [0.25, 0.3) is 0 Å². The van der Waals surface area contributed by atoms with Crippen LogP contribution in [-0.4, -0.2) is 10.1 Å². The van der Waals surface area contributed by atoms with E-state index in [1.165, 1.54) is 0 Å². The van der Waals surface area contributed by atoms with Crippen LogP contribution in [0, 0.1) is 0 Å².